The van der Waals surface area contributed by atoms with E-state index in [4.69, 9.17) is 4.74 Å². The number of carbonyl (C=O) groups is 1. The van der Waals surface area contributed by atoms with Crippen LogP contribution in [0, 0.1) is 6.92 Å². The molecule has 2 aromatic rings. The quantitative estimate of drug-likeness (QED) is 0.568. The van der Waals surface area contributed by atoms with Crippen molar-refractivity contribution in [2.45, 2.75) is 25.8 Å². The smallest absolute Gasteiger partial charge is 0.232 e. The van der Waals surface area contributed by atoms with E-state index in [1.54, 1.807) is 7.11 Å². The second-order valence-corrected chi connectivity index (χ2v) is 6.25. The number of carbonyl (C=O) groups excluding carboxylic acids is 1. The molecular formula is C18H23N3O2S. The molecule has 0 fully saturated rings. The number of aromatic nitrogens is 2. The predicted molar refractivity (Wildman–Crippen MR) is 97.4 cm³/mol. The molecule has 0 spiro atoms. The number of benzene rings is 1. The molecule has 0 bridgehead atoms. The van der Waals surface area contributed by atoms with Crippen LogP contribution in [0.1, 0.15) is 19.5 Å². The summed E-state index contributed by atoms with van der Waals surface area (Å²) in [4.78, 5) is 23.0. The van der Waals surface area contributed by atoms with Gasteiger partial charge in [0.05, 0.1) is 12.9 Å². The van der Waals surface area contributed by atoms with E-state index in [2.05, 4.69) is 9.97 Å². The predicted octanol–water partition coefficient (Wildman–Crippen LogP) is 3.42. The van der Waals surface area contributed by atoms with Crippen molar-refractivity contribution in [3.63, 3.8) is 0 Å². The van der Waals surface area contributed by atoms with Gasteiger partial charge >= 0.3 is 0 Å². The molecule has 0 aliphatic rings. The fraction of sp³-hybridized carbons (Fsp3) is 0.389. The minimum atomic E-state index is 0.132. The summed E-state index contributed by atoms with van der Waals surface area (Å²) < 4.78 is 5.17. The molecule has 0 atom stereocenters. The van der Waals surface area contributed by atoms with E-state index in [1.807, 2.05) is 56.0 Å². The van der Waals surface area contributed by atoms with Crippen molar-refractivity contribution >= 4 is 17.7 Å². The second-order valence-electron chi connectivity index (χ2n) is 5.25. The normalized spacial score (nSPS) is 10.5. The zero-order chi connectivity index (χ0) is 17.5. The van der Waals surface area contributed by atoms with Crippen LogP contribution < -0.4 is 4.74 Å². The first-order chi connectivity index (χ1) is 11.6. The van der Waals surface area contributed by atoms with Crippen molar-refractivity contribution in [2.24, 2.45) is 0 Å². The maximum absolute atomic E-state index is 12.1. The zero-order valence-electron chi connectivity index (χ0n) is 14.6. The van der Waals surface area contributed by atoms with Gasteiger partial charge in [-0.1, -0.05) is 11.8 Å². The van der Waals surface area contributed by atoms with E-state index >= 15 is 0 Å². The Bertz CT molecular complexity index is 685. The molecule has 1 aromatic heterocycles. The molecule has 2 rings (SSSR count). The van der Waals surface area contributed by atoms with E-state index in [0.29, 0.717) is 11.6 Å². The monoisotopic (exact) mass is 345 g/mol. The zero-order valence-corrected chi connectivity index (χ0v) is 15.4. The largest absolute Gasteiger partial charge is 0.497 e. The fourth-order valence-corrected chi connectivity index (χ4v) is 3.14. The second kappa shape index (κ2) is 8.68. The SMILES string of the molecule is CCN(CC)C(=O)CSc1cc(C)nc(-c2ccc(OC)cc2)n1. The highest BCUT2D eigenvalue weighted by Crippen LogP contribution is 2.23. The number of nitrogens with zero attached hydrogens (tertiary/aromatic N) is 3. The van der Waals surface area contributed by atoms with Crippen LogP contribution in [0.4, 0.5) is 0 Å². The van der Waals surface area contributed by atoms with Crippen molar-refractivity contribution in [3.05, 3.63) is 36.0 Å². The van der Waals surface area contributed by atoms with E-state index in [9.17, 15) is 4.79 Å². The lowest BCUT2D eigenvalue weighted by Crippen LogP contribution is -2.31. The molecule has 0 aliphatic carbocycles. The average molecular weight is 345 g/mol. The van der Waals surface area contributed by atoms with Crippen LogP contribution in [0.2, 0.25) is 0 Å². The molecule has 1 aromatic carbocycles. The minimum Gasteiger partial charge on any atom is -0.497 e. The molecule has 6 heteroatoms. The van der Waals surface area contributed by atoms with E-state index < -0.39 is 0 Å². The van der Waals surface area contributed by atoms with Crippen LogP contribution in [0.25, 0.3) is 11.4 Å². The molecule has 0 unspecified atom stereocenters. The number of thioether (sulfide) groups is 1. The Morgan fingerprint density at radius 2 is 1.83 bits per heavy atom. The average Bonchev–Trinajstić information content (AvgIpc) is 2.60. The maximum atomic E-state index is 12.1. The van der Waals surface area contributed by atoms with Gasteiger partial charge in [0.15, 0.2) is 5.82 Å². The van der Waals surface area contributed by atoms with Crippen molar-refractivity contribution in [1.29, 1.82) is 0 Å². The Labute approximate surface area is 147 Å². The molecule has 128 valence electrons. The van der Waals surface area contributed by atoms with Crippen molar-refractivity contribution in [1.82, 2.24) is 14.9 Å². The van der Waals surface area contributed by atoms with Crippen LogP contribution in [0.3, 0.4) is 0 Å². The molecule has 0 saturated carbocycles. The molecule has 0 N–H and O–H groups in total. The highest BCUT2D eigenvalue weighted by atomic mass is 32.2. The Kier molecular flexibility index (Phi) is 6.61. The van der Waals surface area contributed by atoms with Gasteiger partial charge in [-0.15, -0.1) is 0 Å². The first-order valence-corrected chi connectivity index (χ1v) is 8.96. The van der Waals surface area contributed by atoms with Gasteiger partial charge in [-0.3, -0.25) is 4.79 Å². The fourth-order valence-electron chi connectivity index (χ4n) is 2.29. The number of aryl methyl sites for hydroxylation is 1. The Hall–Kier alpha value is -2.08. The van der Waals surface area contributed by atoms with E-state index in [-0.39, 0.29) is 5.91 Å². The van der Waals surface area contributed by atoms with Gasteiger partial charge in [0.25, 0.3) is 0 Å². The summed E-state index contributed by atoms with van der Waals surface area (Å²) in [7, 11) is 1.64. The lowest BCUT2D eigenvalue weighted by Gasteiger charge is -2.18. The summed E-state index contributed by atoms with van der Waals surface area (Å²) in [6, 6.07) is 9.55. The third kappa shape index (κ3) is 4.71. The molecule has 0 saturated heterocycles. The highest BCUT2D eigenvalue weighted by Gasteiger charge is 2.12. The Morgan fingerprint density at radius 3 is 2.42 bits per heavy atom. The van der Waals surface area contributed by atoms with Crippen LogP contribution in [-0.2, 0) is 4.79 Å². The van der Waals surface area contributed by atoms with Gasteiger partial charge in [0.1, 0.15) is 10.8 Å². The standard InChI is InChI=1S/C18H23N3O2S/c1-5-21(6-2)17(22)12-24-16-11-13(3)19-18(20-16)14-7-9-15(23-4)10-8-14/h7-11H,5-6,12H2,1-4H3. The number of amides is 1. The van der Waals surface area contributed by atoms with Crippen LogP contribution in [0.15, 0.2) is 35.4 Å². The van der Waals surface area contributed by atoms with E-state index in [1.165, 1.54) is 11.8 Å². The topological polar surface area (TPSA) is 55.3 Å². The van der Waals surface area contributed by atoms with Gasteiger partial charge in [-0.05, 0) is 51.1 Å². The summed E-state index contributed by atoms with van der Waals surface area (Å²) in [5.41, 5.74) is 1.81. The van der Waals surface area contributed by atoms with Gasteiger partial charge in [-0.25, -0.2) is 9.97 Å². The highest BCUT2D eigenvalue weighted by molar-refractivity contribution is 7.99. The third-order valence-corrected chi connectivity index (χ3v) is 4.53. The summed E-state index contributed by atoms with van der Waals surface area (Å²) >= 11 is 1.45. The molecule has 24 heavy (non-hydrogen) atoms. The van der Waals surface area contributed by atoms with Crippen LogP contribution in [0.5, 0.6) is 5.75 Å². The molecule has 0 radical (unpaired) electrons. The van der Waals surface area contributed by atoms with Gasteiger partial charge < -0.3 is 9.64 Å². The Morgan fingerprint density at radius 1 is 1.17 bits per heavy atom. The summed E-state index contributed by atoms with van der Waals surface area (Å²) in [5.74, 6) is 1.98. The number of rotatable bonds is 7. The first-order valence-electron chi connectivity index (χ1n) is 7.98. The molecule has 1 amide bonds. The maximum Gasteiger partial charge on any atom is 0.232 e. The summed E-state index contributed by atoms with van der Waals surface area (Å²) in [6.45, 7) is 7.38. The van der Waals surface area contributed by atoms with Crippen molar-refractivity contribution in [3.8, 4) is 17.1 Å². The van der Waals surface area contributed by atoms with Gasteiger partial charge in [-0.2, -0.15) is 0 Å². The molecule has 1 heterocycles. The number of ether oxygens (including phenoxy) is 1. The third-order valence-electron chi connectivity index (χ3n) is 3.64. The Balaban J connectivity index is 2.14. The minimum absolute atomic E-state index is 0.132. The number of methoxy groups -OCH3 is 1. The van der Waals surface area contributed by atoms with Crippen LogP contribution in [-0.4, -0.2) is 46.7 Å². The summed E-state index contributed by atoms with van der Waals surface area (Å²) in [6.07, 6.45) is 0. The number of hydrogen-bond donors (Lipinski definition) is 0. The van der Waals surface area contributed by atoms with E-state index in [0.717, 1.165) is 35.1 Å². The summed E-state index contributed by atoms with van der Waals surface area (Å²) in [5, 5.41) is 0.814. The molecule has 0 aliphatic heterocycles. The molecular weight excluding hydrogens is 322 g/mol. The van der Waals surface area contributed by atoms with Crippen molar-refractivity contribution in [2.75, 3.05) is 26.0 Å². The lowest BCUT2D eigenvalue weighted by molar-refractivity contribution is -0.127. The lowest BCUT2D eigenvalue weighted by atomic mass is 10.2. The number of hydrogen-bond acceptors (Lipinski definition) is 5. The first kappa shape index (κ1) is 18.3. The van der Waals surface area contributed by atoms with Gasteiger partial charge in [0.2, 0.25) is 5.91 Å². The van der Waals surface area contributed by atoms with Crippen molar-refractivity contribution < 1.29 is 9.53 Å². The van der Waals surface area contributed by atoms with Gasteiger partial charge in [0, 0.05) is 24.3 Å². The van der Waals surface area contributed by atoms with Crippen LogP contribution >= 0.6 is 11.8 Å². The molecule has 5 nitrogen and oxygen atoms in total.